The van der Waals surface area contributed by atoms with Crippen molar-refractivity contribution in [2.24, 2.45) is 0 Å². The van der Waals surface area contributed by atoms with Crippen molar-refractivity contribution in [1.29, 1.82) is 0 Å². The number of imide groups is 1. The molecule has 0 spiro atoms. The molecule has 2 amide bonds. The van der Waals surface area contributed by atoms with Gasteiger partial charge in [-0.15, -0.1) is 0 Å². The maximum Gasteiger partial charge on any atom is 0.262 e. The van der Waals surface area contributed by atoms with Crippen LogP contribution in [0.2, 0.25) is 0 Å². The van der Waals surface area contributed by atoms with Crippen LogP contribution in [0.15, 0.2) is 64.3 Å². The van der Waals surface area contributed by atoms with Crippen LogP contribution in [0.4, 0.5) is 11.5 Å². The number of anilines is 2. The average molecular weight is 440 g/mol. The number of aromatic nitrogens is 1. The highest BCUT2D eigenvalue weighted by Crippen LogP contribution is 2.24. The molecule has 4 N–H and O–H groups in total. The van der Waals surface area contributed by atoms with E-state index in [9.17, 15) is 22.8 Å². The number of pyridine rings is 1. The molecule has 0 bridgehead atoms. The Labute approximate surface area is 176 Å². The number of nitrogen functional groups attached to an aromatic ring is 1. The van der Waals surface area contributed by atoms with E-state index in [1.54, 1.807) is 18.2 Å². The number of hydrogen-bond acceptors (Lipinski definition) is 7. The van der Waals surface area contributed by atoms with E-state index < -0.39 is 27.4 Å². The summed E-state index contributed by atoms with van der Waals surface area (Å²) >= 11 is 0. The lowest BCUT2D eigenvalue weighted by molar-refractivity contribution is 0.0880. The van der Waals surface area contributed by atoms with Crippen molar-refractivity contribution in [1.82, 2.24) is 9.88 Å². The van der Waals surface area contributed by atoms with E-state index in [1.165, 1.54) is 37.4 Å². The van der Waals surface area contributed by atoms with Crippen LogP contribution >= 0.6 is 0 Å². The monoisotopic (exact) mass is 440 g/mol. The number of fused-ring (bicyclic) bond motifs is 1. The maximum absolute atomic E-state index is 12.7. The zero-order valence-electron chi connectivity index (χ0n) is 16.1. The Balaban J connectivity index is 1.69. The molecule has 0 radical (unpaired) electrons. The lowest BCUT2D eigenvalue weighted by atomic mass is 10.1. The highest BCUT2D eigenvalue weighted by molar-refractivity contribution is 7.92. The number of nitrogens with one attached hydrogen (secondary N) is 2. The number of nitrogens with zero attached hydrogens (tertiary/aromatic N) is 1. The number of nitrogens with two attached hydrogens (primary N) is 1. The molecule has 1 aromatic heterocycles. The van der Waals surface area contributed by atoms with E-state index in [-0.39, 0.29) is 27.5 Å². The summed E-state index contributed by atoms with van der Waals surface area (Å²) in [6.45, 7) is 0. The third kappa shape index (κ3) is 3.51. The van der Waals surface area contributed by atoms with Crippen molar-refractivity contribution in [2.75, 3.05) is 17.6 Å². The number of ether oxygens (including phenoxy) is 1. The standard InChI is InChI=1S/C20H16N4O6S/c1-30-13-4-2-3-11(9-13)23-31(28,29)14-7-5-12(6-8-14)24-16(25)10-15-17(18(24)21)20(27)22-19(15)26/h2-10,23H,21H2,1H3,(H,22,26,27). The van der Waals surface area contributed by atoms with Gasteiger partial charge in [0.1, 0.15) is 11.6 Å². The minimum absolute atomic E-state index is 0.0558. The molecule has 1 aliphatic heterocycles. The maximum atomic E-state index is 12.7. The Morgan fingerprint density at radius 1 is 1.00 bits per heavy atom. The Morgan fingerprint density at radius 3 is 2.39 bits per heavy atom. The van der Waals surface area contributed by atoms with Crippen molar-refractivity contribution in [2.45, 2.75) is 4.90 Å². The summed E-state index contributed by atoms with van der Waals surface area (Å²) in [5, 5.41) is 2.08. The van der Waals surface area contributed by atoms with Crippen LogP contribution in [0.5, 0.6) is 5.75 Å². The molecule has 158 valence electrons. The van der Waals surface area contributed by atoms with Gasteiger partial charge in [0, 0.05) is 12.1 Å². The molecular formula is C20H16N4O6S. The van der Waals surface area contributed by atoms with Gasteiger partial charge in [-0.1, -0.05) is 6.07 Å². The molecule has 0 unspecified atom stereocenters. The van der Waals surface area contributed by atoms with Gasteiger partial charge in [0.05, 0.1) is 34.5 Å². The fourth-order valence-corrected chi connectivity index (χ4v) is 4.27. The largest absolute Gasteiger partial charge is 0.497 e. The van der Waals surface area contributed by atoms with Gasteiger partial charge in [0.25, 0.3) is 27.4 Å². The lowest BCUT2D eigenvalue weighted by Gasteiger charge is -2.13. The number of rotatable bonds is 5. The van der Waals surface area contributed by atoms with E-state index in [4.69, 9.17) is 10.5 Å². The number of carbonyl (C=O) groups excluding carboxylic acids is 2. The summed E-state index contributed by atoms with van der Waals surface area (Å²) in [6.07, 6.45) is 0. The molecule has 3 aromatic rings. The molecule has 0 aliphatic carbocycles. The smallest absolute Gasteiger partial charge is 0.262 e. The Hall–Kier alpha value is -4.12. The van der Waals surface area contributed by atoms with Crippen LogP contribution in [-0.4, -0.2) is 31.9 Å². The molecule has 4 rings (SSSR count). The highest BCUT2D eigenvalue weighted by atomic mass is 32.2. The predicted molar refractivity (Wildman–Crippen MR) is 112 cm³/mol. The van der Waals surface area contributed by atoms with Crippen LogP contribution in [0, 0.1) is 0 Å². The van der Waals surface area contributed by atoms with Gasteiger partial charge in [-0.25, -0.2) is 8.42 Å². The summed E-state index contributed by atoms with van der Waals surface area (Å²) in [4.78, 5) is 36.2. The molecular weight excluding hydrogens is 424 g/mol. The molecule has 1 aliphatic rings. The quantitative estimate of drug-likeness (QED) is 0.503. The van der Waals surface area contributed by atoms with Crippen molar-refractivity contribution >= 4 is 33.3 Å². The van der Waals surface area contributed by atoms with Crippen LogP contribution < -0.4 is 26.1 Å². The number of sulfonamides is 1. The molecule has 31 heavy (non-hydrogen) atoms. The predicted octanol–water partition coefficient (Wildman–Crippen LogP) is 1.11. The van der Waals surface area contributed by atoms with Crippen LogP contribution in [0.3, 0.4) is 0 Å². The fraction of sp³-hybridized carbons (Fsp3) is 0.0500. The van der Waals surface area contributed by atoms with E-state index in [1.807, 2.05) is 0 Å². The van der Waals surface area contributed by atoms with Gasteiger partial charge in [-0.05, 0) is 36.4 Å². The normalized spacial score (nSPS) is 12.9. The van der Waals surface area contributed by atoms with E-state index in [0.29, 0.717) is 11.4 Å². The molecule has 0 atom stereocenters. The molecule has 0 fully saturated rings. The molecule has 0 saturated heterocycles. The van der Waals surface area contributed by atoms with Crippen molar-refractivity contribution in [3.63, 3.8) is 0 Å². The second-order valence-corrected chi connectivity index (χ2v) is 8.29. The van der Waals surface area contributed by atoms with Crippen molar-refractivity contribution in [3.05, 3.63) is 76.1 Å². The van der Waals surface area contributed by atoms with Gasteiger partial charge in [-0.2, -0.15) is 0 Å². The first-order valence-electron chi connectivity index (χ1n) is 8.90. The second-order valence-electron chi connectivity index (χ2n) is 6.61. The van der Waals surface area contributed by atoms with Crippen molar-refractivity contribution in [3.8, 4) is 11.4 Å². The lowest BCUT2D eigenvalue weighted by Crippen LogP contribution is -2.24. The highest BCUT2D eigenvalue weighted by Gasteiger charge is 2.31. The zero-order valence-corrected chi connectivity index (χ0v) is 16.9. The van der Waals surface area contributed by atoms with E-state index in [2.05, 4.69) is 10.0 Å². The summed E-state index contributed by atoms with van der Waals surface area (Å²) in [7, 11) is -2.45. The fourth-order valence-electron chi connectivity index (χ4n) is 3.22. The number of carbonyl (C=O) groups is 2. The Bertz CT molecular complexity index is 1390. The van der Waals surface area contributed by atoms with Crippen molar-refractivity contribution < 1.29 is 22.7 Å². The Kier molecular flexibility index (Phi) is 4.74. The van der Waals surface area contributed by atoms with Crippen LogP contribution in [0.1, 0.15) is 20.7 Å². The summed E-state index contributed by atoms with van der Waals surface area (Å²) in [6, 6.07) is 12.8. The minimum Gasteiger partial charge on any atom is -0.497 e. The molecule has 2 aromatic carbocycles. The first kappa shape index (κ1) is 20.2. The summed E-state index contributed by atoms with van der Waals surface area (Å²) in [5.41, 5.74) is 5.71. The Morgan fingerprint density at radius 2 is 1.71 bits per heavy atom. The number of hydrogen-bond donors (Lipinski definition) is 3. The van der Waals surface area contributed by atoms with Gasteiger partial charge in [0.15, 0.2) is 0 Å². The minimum atomic E-state index is -3.92. The van der Waals surface area contributed by atoms with Gasteiger partial charge in [0.2, 0.25) is 0 Å². The summed E-state index contributed by atoms with van der Waals surface area (Å²) in [5.74, 6) is -1.12. The van der Waals surface area contributed by atoms with E-state index >= 15 is 0 Å². The van der Waals surface area contributed by atoms with E-state index in [0.717, 1.165) is 10.6 Å². The molecule has 0 saturated carbocycles. The van der Waals surface area contributed by atoms with Crippen LogP contribution in [-0.2, 0) is 10.0 Å². The van der Waals surface area contributed by atoms with Gasteiger partial charge >= 0.3 is 0 Å². The number of benzene rings is 2. The SMILES string of the molecule is COc1cccc(NS(=O)(=O)c2ccc(-n3c(N)c4c(cc3=O)C(=O)NC4=O)cc2)c1. The zero-order chi connectivity index (χ0) is 22.3. The molecule has 11 heteroatoms. The number of amides is 2. The third-order valence-corrected chi connectivity index (χ3v) is 6.08. The molecule has 2 heterocycles. The van der Waals surface area contributed by atoms with Crippen LogP contribution in [0.25, 0.3) is 5.69 Å². The first-order chi connectivity index (χ1) is 14.7. The average Bonchev–Trinajstić information content (AvgIpc) is 3.01. The topological polar surface area (TPSA) is 150 Å². The summed E-state index contributed by atoms with van der Waals surface area (Å²) < 4.78 is 33.9. The second kappa shape index (κ2) is 7.29. The third-order valence-electron chi connectivity index (χ3n) is 4.68. The molecule has 10 nitrogen and oxygen atoms in total. The van der Waals surface area contributed by atoms with Gasteiger partial charge < -0.3 is 10.5 Å². The van der Waals surface area contributed by atoms with Gasteiger partial charge in [-0.3, -0.25) is 29.0 Å². The first-order valence-corrected chi connectivity index (χ1v) is 10.4. The number of methoxy groups -OCH3 is 1.